The van der Waals surface area contributed by atoms with E-state index in [1.807, 2.05) is 6.92 Å². The number of halogens is 1. The van der Waals surface area contributed by atoms with Crippen LogP contribution in [0.5, 0.6) is 5.75 Å². The van der Waals surface area contributed by atoms with E-state index in [2.05, 4.69) is 10.3 Å². The summed E-state index contributed by atoms with van der Waals surface area (Å²) < 4.78 is 5.47. The Morgan fingerprint density at radius 2 is 2.24 bits per heavy atom. The second-order valence-corrected chi connectivity index (χ2v) is 4.75. The van der Waals surface area contributed by atoms with Crippen molar-refractivity contribution in [3.63, 3.8) is 0 Å². The second-order valence-electron chi connectivity index (χ2n) is 4.40. The number of anilines is 2. The third kappa shape index (κ3) is 3.86. The van der Waals surface area contributed by atoms with Gasteiger partial charge in [-0.05, 0) is 36.8 Å². The van der Waals surface area contributed by atoms with Crippen LogP contribution in [0, 0.1) is 0 Å². The van der Waals surface area contributed by atoms with Gasteiger partial charge in [-0.2, -0.15) is 0 Å². The first-order valence-electron chi connectivity index (χ1n) is 6.56. The van der Waals surface area contributed by atoms with E-state index in [0.29, 0.717) is 29.3 Å². The van der Waals surface area contributed by atoms with Gasteiger partial charge in [0.2, 0.25) is 0 Å². The highest BCUT2D eigenvalue weighted by molar-refractivity contribution is 6.32. The quantitative estimate of drug-likeness (QED) is 0.656. The lowest BCUT2D eigenvalue weighted by atomic mass is 10.1. The number of nitrogens with zero attached hydrogens (tertiary/aromatic N) is 1. The highest BCUT2D eigenvalue weighted by atomic mass is 35.5. The molecule has 110 valence electrons. The highest BCUT2D eigenvalue weighted by Crippen LogP contribution is 2.24. The fourth-order valence-electron chi connectivity index (χ4n) is 1.71. The van der Waals surface area contributed by atoms with Gasteiger partial charge in [-0.1, -0.05) is 18.5 Å². The summed E-state index contributed by atoms with van der Waals surface area (Å²) in [7, 11) is 0. The van der Waals surface area contributed by atoms with Gasteiger partial charge in [0.15, 0.2) is 5.15 Å². The molecule has 3 N–H and O–H groups in total. The molecule has 2 aromatic rings. The van der Waals surface area contributed by atoms with Crippen LogP contribution in [-0.2, 0) is 0 Å². The van der Waals surface area contributed by atoms with Crippen molar-refractivity contribution >= 4 is 28.9 Å². The Balaban J connectivity index is 2.13. The Morgan fingerprint density at radius 3 is 2.90 bits per heavy atom. The van der Waals surface area contributed by atoms with Gasteiger partial charge < -0.3 is 15.8 Å². The number of amides is 1. The van der Waals surface area contributed by atoms with Gasteiger partial charge in [0.05, 0.1) is 18.0 Å². The number of hydrogen-bond donors (Lipinski definition) is 2. The Kier molecular flexibility index (Phi) is 5.00. The minimum absolute atomic E-state index is 0.238. The molecule has 1 aromatic heterocycles. The number of rotatable bonds is 5. The molecule has 5 nitrogen and oxygen atoms in total. The number of nitrogens with two attached hydrogens (primary N) is 1. The molecule has 1 amide bonds. The molecule has 1 aromatic carbocycles. The maximum absolute atomic E-state index is 12.1. The summed E-state index contributed by atoms with van der Waals surface area (Å²) in [5, 5.41) is 2.92. The van der Waals surface area contributed by atoms with E-state index in [4.69, 9.17) is 22.1 Å². The van der Waals surface area contributed by atoms with Crippen LogP contribution in [0.3, 0.4) is 0 Å². The summed E-state index contributed by atoms with van der Waals surface area (Å²) >= 11 is 5.90. The molecule has 0 fully saturated rings. The highest BCUT2D eigenvalue weighted by Gasteiger charge is 2.11. The molecule has 0 saturated heterocycles. The molecule has 1 heterocycles. The van der Waals surface area contributed by atoms with Crippen molar-refractivity contribution in [1.82, 2.24) is 4.98 Å². The maximum Gasteiger partial charge on any atom is 0.255 e. The number of nitrogens with one attached hydrogen (secondary N) is 1. The fraction of sp³-hybridized carbons (Fsp3) is 0.200. The van der Waals surface area contributed by atoms with Crippen molar-refractivity contribution in [2.24, 2.45) is 0 Å². The summed E-state index contributed by atoms with van der Waals surface area (Å²) in [6, 6.07) is 8.28. The van der Waals surface area contributed by atoms with Crippen molar-refractivity contribution in [2.75, 3.05) is 17.7 Å². The van der Waals surface area contributed by atoms with E-state index in [1.54, 1.807) is 36.5 Å². The van der Waals surface area contributed by atoms with Gasteiger partial charge in [0, 0.05) is 11.8 Å². The second kappa shape index (κ2) is 6.95. The molecular weight excluding hydrogens is 290 g/mol. The summed E-state index contributed by atoms with van der Waals surface area (Å²) in [6.45, 7) is 2.59. The molecule has 6 heteroatoms. The predicted octanol–water partition coefficient (Wildman–Crippen LogP) is 3.36. The number of benzene rings is 1. The smallest absolute Gasteiger partial charge is 0.255 e. The van der Waals surface area contributed by atoms with Crippen LogP contribution < -0.4 is 15.8 Å². The van der Waals surface area contributed by atoms with Crippen molar-refractivity contribution in [1.29, 1.82) is 0 Å². The molecule has 0 saturated carbocycles. The van der Waals surface area contributed by atoms with Gasteiger partial charge in [-0.25, -0.2) is 4.98 Å². The third-order valence-electron chi connectivity index (χ3n) is 2.74. The van der Waals surface area contributed by atoms with Gasteiger partial charge in [0.1, 0.15) is 5.75 Å². The predicted molar refractivity (Wildman–Crippen MR) is 83.8 cm³/mol. The van der Waals surface area contributed by atoms with Gasteiger partial charge in [-0.3, -0.25) is 4.79 Å². The minimum atomic E-state index is -0.307. The van der Waals surface area contributed by atoms with E-state index >= 15 is 0 Å². The van der Waals surface area contributed by atoms with Crippen molar-refractivity contribution in [3.05, 3.63) is 47.2 Å². The van der Waals surface area contributed by atoms with Crippen molar-refractivity contribution in [2.45, 2.75) is 13.3 Å². The molecular formula is C15H16ClN3O2. The number of hydrogen-bond acceptors (Lipinski definition) is 4. The molecule has 0 aliphatic rings. The number of ether oxygens (including phenoxy) is 1. The van der Waals surface area contributed by atoms with Crippen LogP contribution in [0.2, 0.25) is 5.15 Å². The van der Waals surface area contributed by atoms with Crippen LogP contribution in [0.25, 0.3) is 0 Å². The zero-order chi connectivity index (χ0) is 15.2. The summed E-state index contributed by atoms with van der Waals surface area (Å²) in [4.78, 5) is 16.0. The van der Waals surface area contributed by atoms with Crippen LogP contribution >= 0.6 is 11.6 Å². The molecule has 2 rings (SSSR count). The number of nitrogen functional groups attached to an aromatic ring is 1. The first-order chi connectivity index (χ1) is 10.1. The molecule has 0 spiro atoms. The third-order valence-corrected chi connectivity index (χ3v) is 3.04. The standard InChI is InChI=1S/C15H16ClN3O2/c1-2-8-21-13-6-5-10(9-11(13)17)15(20)19-12-4-3-7-18-14(12)16/h3-7,9H,2,8,17H2,1H3,(H,19,20). The topological polar surface area (TPSA) is 77.2 Å². The van der Waals surface area contributed by atoms with Crippen LogP contribution in [-0.4, -0.2) is 17.5 Å². The van der Waals surface area contributed by atoms with Gasteiger partial charge in [0.25, 0.3) is 5.91 Å². The van der Waals surface area contributed by atoms with E-state index in [0.717, 1.165) is 6.42 Å². The fourth-order valence-corrected chi connectivity index (χ4v) is 1.87. The Bertz CT molecular complexity index is 647. The van der Waals surface area contributed by atoms with Crippen molar-refractivity contribution in [3.8, 4) is 5.75 Å². The lowest BCUT2D eigenvalue weighted by Crippen LogP contribution is -2.13. The molecule has 0 aliphatic heterocycles. The Morgan fingerprint density at radius 1 is 1.43 bits per heavy atom. The SMILES string of the molecule is CCCOc1ccc(C(=O)Nc2cccnc2Cl)cc1N. The molecule has 0 aliphatic carbocycles. The lowest BCUT2D eigenvalue weighted by Gasteiger charge is -2.10. The van der Waals surface area contributed by atoms with E-state index in [-0.39, 0.29) is 11.1 Å². The zero-order valence-electron chi connectivity index (χ0n) is 11.6. The summed E-state index contributed by atoms with van der Waals surface area (Å²) in [5.41, 5.74) is 7.18. The van der Waals surface area contributed by atoms with Crippen LogP contribution in [0.1, 0.15) is 23.7 Å². The molecule has 21 heavy (non-hydrogen) atoms. The summed E-state index contributed by atoms with van der Waals surface area (Å²) in [6.07, 6.45) is 2.44. The average Bonchev–Trinajstić information content (AvgIpc) is 2.48. The maximum atomic E-state index is 12.1. The first kappa shape index (κ1) is 15.1. The number of pyridine rings is 1. The number of carbonyl (C=O) groups is 1. The van der Waals surface area contributed by atoms with E-state index in [9.17, 15) is 4.79 Å². The minimum Gasteiger partial charge on any atom is -0.491 e. The normalized spacial score (nSPS) is 10.2. The van der Waals surface area contributed by atoms with Gasteiger partial charge in [-0.15, -0.1) is 0 Å². The Hall–Kier alpha value is -2.27. The van der Waals surface area contributed by atoms with E-state index < -0.39 is 0 Å². The lowest BCUT2D eigenvalue weighted by molar-refractivity contribution is 0.102. The zero-order valence-corrected chi connectivity index (χ0v) is 12.4. The van der Waals surface area contributed by atoms with Crippen molar-refractivity contribution < 1.29 is 9.53 Å². The number of carbonyl (C=O) groups excluding carboxylic acids is 1. The van der Waals surface area contributed by atoms with Gasteiger partial charge >= 0.3 is 0 Å². The Labute approximate surface area is 128 Å². The first-order valence-corrected chi connectivity index (χ1v) is 6.93. The molecule has 0 unspecified atom stereocenters. The monoisotopic (exact) mass is 305 g/mol. The molecule has 0 bridgehead atoms. The van der Waals surface area contributed by atoms with Crippen LogP contribution in [0.4, 0.5) is 11.4 Å². The largest absolute Gasteiger partial charge is 0.491 e. The molecule has 0 atom stereocenters. The summed E-state index contributed by atoms with van der Waals surface area (Å²) in [5.74, 6) is 0.270. The van der Waals surface area contributed by atoms with Crippen LogP contribution in [0.15, 0.2) is 36.5 Å². The number of aromatic nitrogens is 1. The molecule has 0 radical (unpaired) electrons. The van der Waals surface area contributed by atoms with E-state index in [1.165, 1.54) is 0 Å². The average molecular weight is 306 g/mol.